The van der Waals surface area contributed by atoms with Crippen LogP contribution in [0.2, 0.25) is 0 Å². The van der Waals surface area contributed by atoms with Gasteiger partial charge in [0.2, 0.25) is 10.0 Å². The largest absolute Gasteiger partial charge is 0.374 e. The normalized spacial score (nSPS) is 21.2. The van der Waals surface area contributed by atoms with Gasteiger partial charge in [0, 0.05) is 32.0 Å². The van der Waals surface area contributed by atoms with Gasteiger partial charge in [-0.05, 0) is 0 Å². The molecule has 9 heteroatoms. The highest BCUT2D eigenvalue weighted by Gasteiger charge is 2.26. The maximum absolute atomic E-state index is 11.6. The molecule has 0 aliphatic carbocycles. The zero-order valence-corrected chi connectivity index (χ0v) is 11.3. The third-order valence-corrected chi connectivity index (χ3v) is 4.04. The monoisotopic (exact) mass is 288 g/mol. The van der Waals surface area contributed by atoms with Crippen molar-refractivity contribution in [3.05, 3.63) is 18.2 Å². The smallest absolute Gasteiger partial charge is 0.287 e. The molecule has 1 aliphatic heterocycles. The van der Waals surface area contributed by atoms with Crippen LogP contribution in [0.15, 0.2) is 12.4 Å². The van der Waals surface area contributed by atoms with Crippen molar-refractivity contribution in [3.63, 3.8) is 0 Å². The van der Waals surface area contributed by atoms with Crippen LogP contribution in [0, 0.1) is 0 Å². The second-order valence-electron chi connectivity index (χ2n) is 4.26. The third kappa shape index (κ3) is 3.75. The average molecular weight is 288 g/mol. The first kappa shape index (κ1) is 14.0. The first-order valence-corrected chi connectivity index (χ1v) is 7.66. The standard InChI is InChI=1S/C10H16N4O4S/c1-19(16,17)14-4-5-18-8(7-14)6-13-10(15)9-11-2-3-12-9/h2-3,8H,4-7H2,1H3,(H,11,12)(H,13,15). The van der Waals surface area contributed by atoms with Gasteiger partial charge in [-0.3, -0.25) is 4.79 Å². The first-order chi connectivity index (χ1) is 8.97. The number of hydrogen-bond donors (Lipinski definition) is 2. The molecule has 1 fully saturated rings. The Morgan fingerprint density at radius 2 is 2.47 bits per heavy atom. The van der Waals surface area contributed by atoms with Gasteiger partial charge in [0.1, 0.15) is 0 Å². The molecule has 1 aromatic heterocycles. The van der Waals surface area contributed by atoms with Crippen LogP contribution in [0.3, 0.4) is 0 Å². The number of carbonyl (C=O) groups excluding carboxylic acids is 1. The van der Waals surface area contributed by atoms with E-state index in [0.717, 1.165) is 6.26 Å². The lowest BCUT2D eigenvalue weighted by molar-refractivity contribution is 0.000388. The number of ether oxygens (including phenoxy) is 1. The maximum Gasteiger partial charge on any atom is 0.287 e. The summed E-state index contributed by atoms with van der Waals surface area (Å²) in [6.07, 6.45) is 3.86. The quantitative estimate of drug-likeness (QED) is 0.724. The van der Waals surface area contributed by atoms with Gasteiger partial charge in [0.25, 0.3) is 5.91 Å². The summed E-state index contributed by atoms with van der Waals surface area (Å²) in [5.74, 6) is -0.124. The number of amides is 1. The topological polar surface area (TPSA) is 104 Å². The number of carbonyl (C=O) groups is 1. The van der Waals surface area contributed by atoms with Crippen molar-refractivity contribution in [2.75, 3.05) is 32.5 Å². The molecule has 0 aromatic carbocycles. The van der Waals surface area contributed by atoms with Gasteiger partial charge in [0.05, 0.1) is 19.0 Å². The Morgan fingerprint density at radius 1 is 1.68 bits per heavy atom. The molecule has 2 heterocycles. The molecule has 19 heavy (non-hydrogen) atoms. The summed E-state index contributed by atoms with van der Waals surface area (Å²) in [5.41, 5.74) is 0. The van der Waals surface area contributed by atoms with Gasteiger partial charge < -0.3 is 15.0 Å². The third-order valence-electron chi connectivity index (χ3n) is 2.77. The van der Waals surface area contributed by atoms with Crippen molar-refractivity contribution in [1.29, 1.82) is 0 Å². The highest BCUT2D eigenvalue weighted by molar-refractivity contribution is 7.88. The Hall–Kier alpha value is -1.45. The fourth-order valence-electron chi connectivity index (χ4n) is 1.80. The van der Waals surface area contributed by atoms with Gasteiger partial charge in [-0.2, -0.15) is 4.31 Å². The summed E-state index contributed by atoms with van der Waals surface area (Å²) < 4.78 is 29.6. The molecule has 1 aromatic rings. The van der Waals surface area contributed by atoms with E-state index in [9.17, 15) is 13.2 Å². The van der Waals surface area contributed by atoms with E-state index in [1.54, 1.807) is 6.20 Å². The summed E-state index contributed by atoms with van der Waals surface area (Å²) in [5, 5.41) is 2.65. The zero-order valence-electron chi connectivity index (χ0n) is 10.5. The number of imidazole rings is 1. The lowest BCUT2D eigenvalue weighted by Crippen LogP contribution is -2.49. The number of aromatic nitrogens is 2. The lowest BCUT2D eigenvalue weighted by atomic mass is 10.3. The van der Waals surface area contributed by atoms with Crippen molar-refractivity contribution in [2.24, 2.45) is 0 Å². The van der Waals surface area contributed by atoms with Gasteiger partial charge in [-0.15, -0.1) is 0 Å². The minimum Gasteiger partial charge on any atom is -0.374 e. The predicted molar refractivity (Wildman–Crippen MR) is 67.1 cm³/mol. The number of nitrogens with zero attached hydrogens (tertiary/aromatic N) is 2. The first-order valence-electron chi connectivity index (χ1n) is 5.81. The van der Waals surface area contributed by atoms with E-state index < -0.39 is 10.0 Å². The van der Waals surface area contributed by atoms with Crippen LogP contribution in [-0.4, -0.2) is 67.2 Å². The Balaban J connectivity index is 1.85. The number of sulfonamides is 1. The molecular formula is C10H16N4O4S. The summed E-state index contributed by atoms with van der Waals surface area (Å²) >= 11 is 0. The molecule has 1 amide bonds. The van der Waals surface area contributed by atoms with Gasteiger partial charge in [-0.25, -0.2) is 13.4 Å². The second-order valence-corrected chi connectivity index (χ2v) is 6.24. The number of aromatic amines is 1. The summed E-state index contributed by atoms with van der Waals surface area (Å²) in [6.45, 7) is 1.17. The molecule has 2 N–H and O–H groups in total. The van der Waals surface area contributed by atoms with E-state index in [4.69, 9.17) is 4.74 Å². The van der Waals surface area contributed by atoms with E-state index in [0.29, 0.717) is 13.2 Å². The highest BCUT2D eigenvalue weighted by Crippen LogP contribution is 2.08. The van der Waals surface area contributed by atoms with Gasteiger partial charge >= 0.3 is 0 Å². The van der Waals surface area contributed by atoms with Crippen molar-refractivity contribution >= 4 is 15.9 Å². The zero-order chi connectivity index (χ0) is 13.9. The minimum absolute atomic E-state index is 0.218. The molecule has 0 saturated carbocycles. The molecule has 8 nitrogen and oxygen atoms in total. The lowest BCUT2D eigenvalue weighted by Gasteiger charge is -2.31. The Morgan fingerprint density at radius 3 is 3.11 bits per heavy atom. The van der Waals surface area contributed by atoms with E-state index in [2.05, 4.69) is 15.3 Å². The molecule has 0 bridgehead atoms. The maximum atomic E-state index is 11.6. The van der Waals surface area contributed by atoms with Crippen molar-refractivity contribution < 1.29 is 17.9 Å². The van der Waals surface area contributed by atoms with E-state index in [1.807, 2.05) is 0 Å². The number of rotatable bonds is 4. The summed E-state index contributed by atoms with van der Waals surface area (Å²) in [4.78, 5) is 18.1. The van der Waals surface area contributed by atoms with Gasteiger partial charge in [0.15, 0.2) is 5.82 Å². The number of hydrogen-bond acceptors (Lipinski definition) is 5. The molecule has 1 unspecified atom stereocenters. The molecule has 1 aliphatic rings. The van der Waals surface area contributed by atoms with E-state index in [1.165, 1.54) is 10.5 Å². The minimum atomic E-state index is -3.22. The summed E-state index contributed by atoms with van der Waals surface area (Å²) in [6, 6.07) is 0. The predicted octanol–water partition coefficient (Wildman–Crippen LogP) is -1.20. The van der Waals surface area contributed by atoms with Crippen molar-refractivity contribution in [3.8, 4) is 0 Å². The molecule has 2 rings (SSSR count). The van der Waals surface area contributed by atoms with Crippen LogP contribution in [0.5, 0.6) is 0 Å². The molecule has 106 valence electrons. The SMILES string of the molecule is CS(=O)(=O)N1CCOC(CNC(=O)c2ncc[nH]2)C1. The van der Waals surface area contributed by atoms with Crippen LogP contribution in [0.1, 0.15) is 10.6 Å². The number of H-pyrrole nitrogens is 1. The van der Waals surface area contributed by atoms with Gasteiger partial charge in [-0.1, -0.05) is 0 Å². The second kappa shape index (κ2) is 5.68. The molecule has 0 spiro atoms. The van der Waals surface area contributed by atoms with Crippen LogP contribution in [0.25, 0.3) is 0 Å². The van der Waals surface area contributed by atoms with Crippen LogP contribution >= 0.6 is 0 Å². The Bertz CT molecular complexity index is 528. The number of nitrogens with one attached hydrogen (secondary N) is 2. The summed E-state index contributed by atoms with van der Waals surface area (Å²) in [7, 11) is -3.22. The van der Waals surface area contributed by atoms with E-state index in [-0.39, 0.29) is 30.9 Å². The molecule has 1 atom stereocenters. The van der Waals surface area contributed by atoms with Crippen molar-refractivity contribution in [2.45, 2.75) is 6.10 Å². The van der Waals surface area contributed by atoms with Crippen molar-refractivity contribution in [1.82, 2.24) is 19.6 Å². The Kier molecular flexibility index (Phi) is 4.17. The molecule has 0 radical (unpaired) electrons. The number of morpholine rings is 1. The Labute approximate surface area is 111 Å². The fraction of sp³-hybridized carbons (Fsp3) is 0.600. The van der Waals surface area contributed by atoms with E-state index >= 15 is 0 Å². The molecule has 1 saturated heterocycles. The fourth-order valence-corrected chi connectivity index (χ4v) is 2.64. The van der Waals surface area contributed by atoms with Crippen LogP contribution < -0.4 is 5.32 Å². The highest BCUT2D eigenvalue weighted by atomic mass is 32.2. The molecular weight excluding hydrogens is 272 g/mol. The van der Waals surface area contributed by atoms with Crippen LogP contribution in [0.4, 0.5) is 0 Å². The average Bonchev–Trinajstić information content (AvgIpc) is 2.89. The van der Waals surface area contributed by atoms with Crippen LogP contribution in [-0.2, 0) is 14.8 Å².